The van der Waals surface area contributed by atoms with Gasteiger partial charge in [0.2, 0.25) is 10.0 Å². The number of anilines is 1. The van der Waals surface area contributed by atoms with Gasteiger partial charge in [0.25, 0.3) is 0 Å². The molecule has 0 fully saturated rings. The monoisotopic (exact) mass is 320 g/mol. The Morgan fingerprint density at radius 3 is 2.19 bits per heavy atom. The summed E-state index contributed by atoms with van der Waals surface area (Å²) in [4.78, 5) is -0.243. The van der Waals surface area contributed by atoms with Crippen LogP contribution in [0.3, 0.4) is 0 Å². The van der Waals surface area contributed by atoms with Gasteiger partial charge in [0.1, 0.15) is 16.2 Å². The Balaban J connectivity index is 3.34. The van der Waals surface area contributed by atoms with E-state index in [0.29, 0.717) is 5.56 Å². The Bertz CT molecular complexity index is 590. The molecule has 0 unspecified atom stereocenters. The van der Waals surface area contributed by atoms with Crippen molar-refractivity contribution >= 4 is 15.7 Å². The van der Waals surface area contributed by atoms with Gasteiger partial charge in [0.05, 0.1) is 26.9 Å². The summed E-state index contributed by atoms with van der Waals surface area (Å²) in [6, 6.07) is 2.68. The van der Waals surface area contributed by atoms with Crippen LogP contribution in [0.25, 0.3) is 0 Å². The summed E-state index contributed by atoms with van der Waals surface area (Å²) in [6.07, 6.45) is 0. The van der Waals surface area contributed by atoms with Crippen molar-refractivity contribution in [2.45, 2.75) is 17.4 Å². The van der Waals surface area contributed by atoms with Crippen LogP contribution in [0.4, 0.5) is 5.69 Å². The van der Waals surface area contributed by atoms with Crippen molar-refractivity contribution < 1.29 is 28.5 Å². The van der Waals surface area contributed by atoms with E-state index in [2.05, 4.69) is 4.72 Å². The molecule has 0 spiro atoms. The number of aliphatic hydroxyl groups is 3. The molecule has 21 heavy (non-hydrogen) atoms. The maximum Gasteiger partial charge on any atom is 0.245 e. The molecule has 0 radical (unpaired) electrons. The largest absolute Gasteiger partial charge is 0.495 e. The first-order valence-electron chi connectivity index (χ1n) is 6.06. The Morgan fingerprint density at radius 2 is 1.76 bits per heavy atom. The number of hydrogen-bond donors (Lipinski definition) is 5. The molecule has 0 saturated heterocycles. The van der Waals surface area contributed by atoms with E-state index < -0.39 is 35.4 Å². The van der Waals surface area contributed by atoms with Crippen LogP contribution in [-0.4, -0.2) is 56.2 Å². The van der Waals surface area contributed by atoms with Crippen molar-refractivity contribution in [3.05, 3.63) is 17.7 Å². The van der Waals surface area contributed by atoms with Crippen molar-refractivity contribution in [3.63, 3.8) is 0 Å². The zero-order valence-electron chi connectivity index (χ0n) is 11.8. The fourth-order valence-electron chi connectivity index (χ4n) is 1.63. The number of methoxy groups -OCH3 is 1. The number of rotatable bonds is 7. The molecule has 1 aromatic rings. The lowest BCUT2D eigenvalue weighted by atomic mass is 10.1. The second kappa shape index (κ2) is 6.58. The highest BCUT2D eigenvalue weighted by Gasteiger charge is 2.35. The van der Waals surface area contributed by atoms with Crippen LogP contribution in [0.15, 0.2) is 17.0 Å². The number of nitrogens with one attached hydrogen (secondary N) is 1. The lowest BCUT2D eigenvalue weighted by Gasteiger charge is -2.28. The molecule has 0 aliphatic heterocycles. The lowest BCUT2D eigenvalue weighted by Crippen LogP contribution is -2.56. The molecule has 1 rings (SSSR count). The van der Waals surface area contributed by atoms with Gasteiger partial charge in [-0.05, 0) is 24.6 Å². The summed E-state index contributed by atoms with van der Waals surface area (Å²) in [5, 5.41) is 27.6. The minimum absolute atomic E-state index is 0.0666. The summed E-state index contributed by atoms with van der Waals surface area (Å²) in [7, 11) is -2.86. The van der Waals surface area contributed by atoms with Gasteiger partial charge >= 0.3 is 0 Å². The predicted molar refractivity (Wildman–Crippen MR) is 76.5 cm³/mol. The van der Waals surface area contributed by atoms with Crippen LogP contribution >= 0.6 is 0 Å². The minimum Gasteiger partial charge on any atom is -0.495 e. The number of ether oxygens (including phenoxy) is 1. The van der Waals surface area contributed by atoms with Gasteiger partial charge in [-0.25, -0.2) is 8.42 Å². The molecule has 0 aliphatic rings. The summed E-state index contributed by atoms with van der Waals surface area (Å²) < 4.78 is 31.9. The molecular weight excluding hydrogens is 300 g/mol. The van der Waals surface area contributed by atoms with Crippen molar-refractivity contribution in [2.75, 3.05) is 32.7 Å². The number of aryl methyl sites for hydroxylation is 1. The van der Waals surface area contributed by atoms with Gasteiger partial charge in [-0.2, -0.15) is 4.72 Å². The number of benzene rings is 1. The fraction of sp³-hybridized carbons (Fsp3) is 0.500. The van der Waals surface area contributed by atoms with Gasteiger partial charge in [-0.15, -0.1) is 0 Å². The highest BCUT2D eigenvalue weighted by Crippen LogP contribution is 2.29. The van der Waals surface area contributed by atoms with Gasteiger partial charge < -0.3 is 25.8 Å². The Hall–Kier alpha value is -1.39. The molecule has 120 valence electrons. The van der Waals surface area contributed by atoms with Crippen LogP contribution in [0, 0.1) is 6.92 Å². The quantitative estimate of drug-likeness (QED) is 0.388. The molecule has 0 bridgehead atoms. The van der Waals surface area contributed by atoms with E-state index in [-0.39, 0.29) is 16.3 Å². The molecule has 1 aromatic carbocycles. The number of aliphatic hydroxyl groups excluding tert-OH is 3. The molecular formula is C12H20N2O6S. The normalized spacial score (nSPS) is 12.4. The topological polar surface area (TPSA) is 142 Å². The first-order valence-corrected chi connectivity index (χ1v) is 7.54. The minimum atomic E-state index is -4.17. The zero-order valence-corrected chi connectivity index (χ0v) is 12.6. The molecule has 8 nitrogen and oxygen atoms in total. The van der Waals surface area contributed by atoms with Crippen LogP contribution < -0.4 is 15.2 Å². The van der Waals surface area contributed by atoms with Crippen molar-refractivity contribution in [3.8, 4) is 5.75 Å². The standard InChI is InChI=1S/C12H20N2O6S/c1-8-3-10(20-2)11(4-9(8)13)21(18,19)14-12(5-15,6-16)7-17/h3-4,14-17H,5-7,13H2,1-2H3. The van der Waals surface area contributed by atoms with E-state index in [4.69, 9.17) is 10.5 Å². The Morgan fingerprint density at radius 1 is 1.24 bits per heavy atom. The molecule has 0 amide bonds. The fourth-order valence-corrected chi connectivity index (χ4v) is 3.20. The molecule has 6 N–H and O–H groups in total. The van der Waals surface area contributed by atoms with E-state index in [1.54, 1.807) is 6.92 Å². The third-order valence-corrected chi connectivity index (χ3v) is 4.70. The van der Waals surface area contributed by atoms with E-state index in [9.17, 15) is 23.7 Å². The number of hydrogen-bond acceptors (Lipinski definition) is 7. The third-order valence-electron chi connectivity index (χ3n) is 3.10. The molecule has 0 aliphatic carbocycles. The molecule has 0 heterocycles. The summed E-state index contributed by atoms with van der Waals surface area (Å²) in [6.45, 7) is -0.629. The van der Waals surface area contributed by atoms with Crippen LogP contribution in [0.1, 0.15) is 5.56 Å². The predicted octanol–water partition coefficient (Wildman–Crippen LogP) is -1.42. The number of sulfonamides is 1. The second-order valence-corrected chi connectivity index (χ2v) is 6.37. The van der Waals surface area contributed by atoms with Crippen molar-refractivity contribution in [1.82, 2.24) is 4.72 Å². The van der Waals surface area contributed by atoms with Gasteiger partial charge in [-0.3, -0.25) is 0 Å². The highest BCUT2D eigenvalue weighted by molar-refractivity contribution is 7.89. The van der Waals surface area contributed by atoms with E-state index in [1.165, 1.54) is 19.2 Å². The number of nitrogens with two attached hydrogens (primary N) is 1. The average molecular weight is 320 g/mol. The zero-order chi connectivity index (χ0) is 16.3. The maximum absolute atomic E-state index is 12.4. The third kappa shape index (κ3) is 3.63. The highest BCUT2D eigenvalue weighted by atomic mass is 32.2. The van der Waals surface area contributed by atoms with E-state index in [1.807, 2.05) is 0 Å². The summed E-state index contributed by atoms with van der Waals surface area (Å²) in [5.74, 6) is 0.0666. The second-order valence-electron chi connectivity index (χ2n) is 4.72. The maximum atomic E-state index is 12.4. The molecule has 0 saturated carbocycles. The van der Waals surface area contributed by atoms with Crippen LogP contribution in [0.5, 0.6) is 5.75 Å². The van der Waals surface area contributed by atoms with Crippen molar-refractivity contribution in [2.24, 2.45) is 0 Å². The van der Waals surface area contributed by atoms with Crippen LogP contribution in [-0.2, 0) is 10.0 Å². The lowest BCUT2D eigenvalue weighted by molar-refractivity contribution is 0.0581. The SMILES string of the molecule is COc1cc(C)c(N)cc1S(=O)(=O)NC(CO)(CO)CO. The molecule has 0 aromatic heterocycles. The van der Waals surface area contributed by atoms with Crippen LogP contribution in [0.2, 0.25) is 0 Å². The van der Waals surface area contributed by atoms with E-state index in [0.717, 1.165) is 0 Å². The first kappa shape index (κ1) is 17.7. The smallest absolute Gasteiger partial charge is 0.245 e. The molecule has 0 atom stereocenters. The molecule has 9 heteroatoms. The van der Waals surface area contributed by atoms with Gasteiger partial charge in [0.15, 0.2) is 0 Å². The Labute approximate surface area is 123 Å². The Kier molecular flexibility index (Phi) is 5.54. The van der Waals surface area contributed by atoms with Gasteiger partial charge in [-0.1, -0.05) is 0 Å². The number of nitrogen functional groups attached to an aromatic ring is 1. The summed E-state index contributed by atoms with van der Waals surface area (Å²) in [5.41, 5.74) is 4.82. The van der Waals surface area contributed by atoms with Gasteiger partial charge in [0, 0.05) is 5.69 Å². The van der Waals surface area contributed by atoms with Crippen molar-refractivity contribution in [1.29, 1.82) is 0 Å². The average Bonchev–Trinajstić information content (AvgIpc) is 2.47. The van der Waals surface area contributed by atoms with E-state index >= 15 is 0 Å². The first-order chi connectivity index (χ1) is 9.75. The summed E-state index contributed by atoms with van der Waals surface area (Å²) >= 11 is 0.